The molecule has 2 aromatic carbocycles. The van der Waals surface area contributed by atoms with E-state index in [1.807, 2.05) is 43.1 Å². The van der Waals surface area contributed by atoms with E-state index in [1.54, 1.807) is 24.3 Å². The molecule has 0 spiro atoms. The molecule has 2 aromatic rings. The van der Waals surface area contributed by atoms with E-state index in [1.165, 1.54) is 0 Å². The number of carbonyl (C=O) groups excluding carboxylic acids is 1. The molecule has 1 N–H and O–H groups in total. The molecule has 0 aliphatic heterocycles. The van der Waals surface area contributed by atoms with Gasteiger partial charge in [0.2, 0.25) is 5.91 Å². The van der Waals surface area contributed by atoms with Crippen molar-refractivity contribution in [3.8, 4) is 6.07 Å². The fraction of sp³-hybridized carbons (Fsp3) is 0.222. The van der Waals surface area contributed by atoms with Gasteiger partial charge in [-0.05, 0) is 43.8 Å². The second kappa shape index (κ2) is 7.91. The van der Waals surface area contributed by atoms with Crippen LogP contribution in [0, 0.1) is 11.3 Å². The maximum absolute atomic E-state index is 12.4. The van der Waals surface area contributed by atoms with Gasteiger partial charge in [0.05, 0.1) is 17.3 Å². The lowest BCUT2D eigenvalue weighted by molar-refractivity contribution is -0.120. The Bertz CT molecular complexity index is 722. The fourth-order valence-corrected chi connectivity index (χ4v) is 2.41. The maximum Gasteiger partial charge on any atom is 0.241 e. The highest BCUT2D eigenvalue weighted by molar-refractivity contribution is 9.10. The van der Waals surface area contributed by atoms with Crippen LogP contribution in [0.4, 0.5) is 5.69 Å². The number of para-hydroxylation sites is 1. The standard InChI is InChI=1S/C18H18BrN3O/c1-13(22(2)12-14-7-9-16(19)10-8-14)18(23)21-17-6-4-3-5-15(17)11-20/h3-10,13H,12H2,1-2H3,(H,21,23)/t13-/m1/s1. The Kier molecular flexibility index (Phi) is 5.91. The van der Waals surface area contributed by atoms with E-state index in [4.69, 9.17) is 5.26 Å². The van der Waals surface area contributed by atoms with Gasteiger partial charge in [0, 0.05) is 11.0 Å². The molecule has 0 bridgehead atoms. The summed E-state index contributed by atoms with van der Waals surface area (Å²) < 4.78 is 1.03. The fourth-order valence-electron chi connectivity index (χ4n) is 2.14. The first-order valence-electron chi connectivity index (χ1n) is 7.26. The number of carbonyl (C=O) groups is 1. The number of halogens is 1. The second-order valence-electron chi connectivity index (χ2n) is 5.36. The zero-order valence-electron chi connectivity index (χ0n) is 13.1. The highest BCUT2D eigenvalue weighted by atomic mass is 79.9. The lowest BCUT2D eigenvalue weighted by Gasteiger charge is -2.24. The van der Waals surface area contributed by atoms with Crippen LogP contribution >= 0.6 is 15.9 Å². The molecule has 0 saturated heterocycles. The molecular weight excluding hydrogens is 354 g/mol. The Hall–Kier alpha value is -2.16. The number of hydrogen-bond acceptors (Lipinski definition) is 3. The minimum Gasteiger partial charge on any atom is -0.324 e. The lowest BCUT2D eigenvalue weighted by atomic mass is 10.1. The summed E-state index contributed by atoms with van der Waals surface area (Å²) in [6.07, 6.45) is 0. The zero-order valence-corrected chi connectivity index (χ0v) is 14.7. The van der Waals surface area contributed by atoms with Crippen LogP contribution in [0.2, 0.25) is 0 Å². The van der Waals surface area contributed by atoms with Gasteiger partial charge in [-0.25, -0.2) is 0 Å². The van der Waals surface area contributed by atoms with Crippen molar-refractivity contribution in [1.82, 2.24) is 4.90 Å². The molecule has 1 atom stereocenters. The maximum atomic E-state index is 12.4. The largest absolute Gasteiger partial charge is 0.324 e. The molecule has 1 amide bonds. The van der Waals surface area contributed by atoms with E-state index in [-0.39, 0.29) is 11.9 Å². The van der Waals surface area contributed by atoms with Crippen molar-refractivity contribution in [2.24, 2.45) is 0 Å². The molecule has 0 heterocycles. The van der Waals surface area contributed by atoms with Gasteiger partial charge in [-0.3, -0.25) is 9.69 Å². The zero-order chi connectivity index (χ0) is 16.8. The quantitative estimate of drug-likeness (QED) is 0.869. The first-order chi connectivity index (χ1) is 11.0. The molecule has 0 aliphatic rings. The third kappa shape index (κ3) is 4.65. The van der Waals surface area contributed by atoms with Crippen molar-refractivity contribution < 1.29 is 4.79 Å². The van der Waals surface area contributed by atoms with Crippen molar-refractivity contribution >= 4 is 27.5 Å². The molecule has 0 unspecified atom stereocenters. The summed E-state index contributed by atoms with van der Waals surface area (Å²) in [4.78, 5) is 14.4. The Morgan fingerprint density at radius 1 is 1.26 bits per heavy atom. The summed E-state index contributed by atoms with van der Waals surface area (Å²) in [6.45, 7) is 2.52. The van der Waals surface area contributed by atoms with Crippen molar-refractivity contribution in [3.63, 3.8) is 0 Å². The number of amides is 1. The molecule has 5 heteroatoms. The molecule has 23 heavy (non-hydrogen) atoms. The van der Waals surface area contributed by atoms with Gasteiger partial charge in [-0.15, -0.1) is 0 Å². The molecule has 0 saturated carbocycles. The SMILES string of the molecule is C[C@H](C(=O)Nc1ccccc1C#N)N(C)Cc1ccc(Br)cc1. The van der Waals surface area contributed by atoms with Gasteiger partial charge < -0.3 is 5.32 Å². The second-order valence-corrected chi connectivity index (χ2v) is 6.28. The Balaban J connectivity index is 2.01. The smallest absolute Gasteiger partial charge is 0.241 e. The minimum absolute atomic E-state index is 0.132. The Labute approximate surface area is 144 Å². The van der Waals surface area contributed by atoms with Crippen LogP contribution in [-0.4, -0.2) is 23.9 Å². The van der Waals surface area contributed by atoms with E-state index in [0.717, 1.165) is 10.0 Å². The third-order valence-corrected chi connectivity index (χ3v) is 4.22. The van der Waals surface area contributed by atoms with E-state index in [2.05, 4.69) is 27.3 Å². The van der Waals surface area contributed by atoms with Crippen molar-refractivity contribution in [2.75, 3.05) is 12.4 Å². The van der Waals surface area contributed by atoms with Crippen molar-refractivity contribution in [3.05, 3.63) is 64.1 Å². The summed E-state index contributed by atoms with van der Waals surface area (Å²) in [5.74, 6) is -0.132. The van der Waals surface area contributed by atoms with Crippen LogP contribution in [0.15, 0.2) is 53.0 Å². The number of nitriles is 1. The number of nitrogens with one attached hydrogen (secondary N) is 1. The lowest BCUT2D eigenvalue weighted by Crippen LogP contribution is -2.39. The first-order valence-corrected chi connectivity index (χ1v) is 8.05. The van der Waals surface area contributed by atoms with Gasteiger partial charge in [-0.2, -0.15) is 5.26 Å². The predicted octanol–water partition coefficient (Wildman–Crippen LogP) is 3.78. The van der Waals surface area contributed by atoms with E-state index >= 15 is 0 Å². The highest BCUT2D eigenvalue weighted by Crippen LogP contribution is 2.16. The summed E-state index contributed by atoms with van der Waals surface area (Å²) in [6, 6.07) is 16.8. The molecule has 0 aromatic heterocycles. The first kappa shape index (κ1) is 17.2. The summed E-state index contributed by atoms with van der Waals surface area (Å²) in [5.41, 5.74) is 2.14. The molecular formula is C18H18BrN3O. The minimum atomic E-state index is -0.314. The summed E-state index contributed by atoms with van der Waals surface area (Å²) >= 11 is 3.41. The summed E-state index contributed by atoms with van der Waals surface area (Å²) in [5, 5.41) is 11.9. The van der Waals surface area contributed by atoms with Crippen LogP contribution in [0.25, 0.3) is 0 Å². The number of hydrogen-bond donors (Lipinski definition) is 1. The number of rotatable bonds is 5. The number of likely N-dealkylation sites (N-methyl/N-ethyl adjacent to an activating group) is 1. The van der Waals surface area contributed by atoms with E-state index in [9.17, 15) is 4.79 Å². The van der Waals surface area contributed by atoms with Crippen LogP contribution in [0.1, 0.15) is 18.1 Å². The molecule has 0 radical (unpaired) electrons. The van der Waals surface area contributed by atoms with Crippen molar-refractivity contribution in [1.29, 1.82) is 5.26 Å². The van der Waals surface area contributed by atoms with Crippen LogP contribution in [0.5, 0.6) is 0 Å². The topological polar surface area (TPSA) is 56.1 Å². The van der Waals surface area contributed by atoms with Crippen LogP contribution in [0.3, 0.4) is 0 Å². The number of benzene rings is 2. The van der Waals surface area contributed by atoms with Crippen LogP contribution in [-0.2, 0) is 11.3 Å². The molecule has 2 rings (SSSR count). The highest BCUT2D eigenvalue weighted by Gasteiger charge is 2.19. The third-order valence-electron chi connectivity index (χ3n) is 3.69. The molecule has 118 valence electrons. The predicted molar refractivity (Wildman–Crippen MR) is 94.9 cm³/mol. The number of nitrogens with zero attached hydrogens (tertiary/aromatic N) is 2. The Morgan fingerprint density at radius 2 is 1.91 bits per heavy atom. The van der Waals surface area contributed by atoms with E-state index in [0.29, 0.717) is 17.8 Å². The summed E-state index contributed by atoms with van der Waals surface area (Å²) in [7, 11) is 1.91. The number of anilines is 1. The Morgan fingerprint density at radius 3 is 2.57 bits per heavy atom. The average Bonchev–Trinajstić information content (AvgIpc) is 2.56. The molecule has 4 nitrogen and oxygen atoms in total. The van der Waals surface area contributed by atoms with Gasteiger partial charge >= 0.3 is 0 Å². The average molecular weight is 372 g/mol. The van der Waals surface area contributed by atoms with Gasteiger partial charge in [0.1, 0.15) is 6.07 Å². The van der Waals surface area contributed by atoms with Gasteiger partial charge in [0.15, 0.2) is 0 Å². The van der Waals surface area contributed by atoms with Crippen LogP contribution < -0.4 is 5.32 Å². The molecule has 0 fully saturated rings. The van der Waals surface area contributed by atoms with E-state index < -0.39 is 0 Å². The molecule has 0 aliphatic carbocycles. The van der Waals surface area contributed by atoms with Gasteiger partial charge in [0.25, 0.3) is 0 Å². The normalized spacial score (nSPS) is 11.8. The monoisotopic (exact) mass is 371 g/mol. The van der Waals surface area contributed by atoms with Crippen molar-refractivity contribution in [2.45, 2.75) is 19.5 Å². The van der Waals surface area contributed by atoms with Gasteiger partial charge in [-0.1, -0.05) is 40.2 Å².